The number of anilines is 1. The lowest BCUT2D eigenvalue weighted by Crippen LogP contribution is -2.16. The second kappa shape index (κ2) is 7.35. The predicted molar refractivity (Wildman–Crippen MR) is 96.1 cm³/mol. The van der Waals surface area contributed by atoms with Gasteiger partial charge in [-0.3, -0.25) is 4.79 Å². The van der Waals surface area contributed by atoms with E-state index < -0.39 is 0 Å². The molecule has 25 heavy (non-hydrogen) atoms. The molecule has 0 radical (unpaired) electrons. The van der Waals surface area contributed by atoms with Crippen molar-refractivity contribution in [3.8, 4) is 11.4 Å². The second-order valence-electron chi connectivity index (χ2n) is 5.39. The quantitative estimate of drug-likeness (QED) is 0.542. The third-order valence-electron chi connectivity index (χ3n) is 3.40. The fraction of sp³-hybridized carbons (Fsp3) is 0.118. The minimum absolute atomic E-state index is 0.112. The lowest BCUT2D eigenvalue weighted by atomic mass is 10.1. The maximum Gasteiger partial charge on any atom is 0.234 e. The molecule has 0 fully saturated rings. The molecule has 0 saturated heterocycles. The summed E-state index contributed by atoms with van der Waals surface area (Å²) in [4.78, 5) is 12.0. The number of nitrogens with one attached hydrogen (secondary N) is 1. The molecule has 0 saturated carbocycles. The van der Waals surface area contributed by atoms with E-state index in [0.29, 0.717) is 16.7 Å². The summed E-state index contributed by atoms with van der Waals surface area (Å²) in [7, 11) is 0. The van der Waals surface area contributed by atoms with E-state index in [9.17, 15) is 9.18 Å². The molecule has 0 aliphatic heterocycles. The van der Waals surface area contributed by atoms with E-state index in [1.165, 1.54) is 40.7 Å². The number of amides is 1. The monoisotopic (exact) mass is 357 g/mol. The van der Waals surface area contributed by atoms with Gasteiger partial charge in [0.2, 0.25) is 11.1 Å². The van der Waals surface area contributed by atoms with Gasteiger partial charge in [-0.25, -0.2) is 9.07 Å². The van der Waals surface area contributed by atoms with E-state index in [4.69, 9.17) is 5.84 Å². The van der Waals surface area contributed by atoms with Crippen molar-refractivity contribution < 1.29 is 9.18 Å². The first-order chi connectivity index (χ1) is 12.0. The predicted octanol–water partition coefficient (Wildman–Crippen LogP) is 2.84. The number of hydrogen-bond acceptors (Lipinski definition) is 5. The van der Waals surface area contributed by atoms with Gasteiger partial charge in [-0.05, 0) is 37.3 Å². The van der Waals surface area contributed by atoms with Gasteiger partial charge < -0.3 is 11.2 Å². The van der Waals surface area contributed by atoms with Crippen LogP contribution in [0.2, 0.25) is 0 Å². The van der Waals surface area contributed by atoms with Crippen molar-refractivity contribution in [1.82, 2.24) is 14.9 Å². The fourth-order valence-electron chi connectivity index (χ4n) is 2.22. The van der Waals surface area contributed by atoms with Gasteiger partial charge in [-0.2, -0.15) is 0 Å². The summed E-state index contributed by atoms with van der Waals surface area (Å²) in [6.45, 7) is 1.98. The Hall–Kier alpha value is -2.87. The van der Waals surface area contributed by atoms with Crippen molar-refractivity contribution in [2.75, 3.05) is 16.9 Å². The van der Waals surface area contributed by atoms with Gasteiger partial charge in [0.1, 0.15) is 5.82 Å². The Balaban J connectivity index is 1.64. The molecule has 2 aromatic carbocycles. The zero-order valence-corrected chi connectivity index (χ0v) is 14.3. The van der Waals surface area contributed by atoms with Gasteiger partial charge >= 0.3 is 0 Å². The van der Waals surface area contributed by atoms with Gasteiger partial charge in [0.05, 0.1) is 5.75 Å². The number of nitrogens with two attached hydrogens (primary N) is 1. The molecule has 1 aromatic heterocycles. The molecule has 128 valence electrons. The number of carbonyl (C=O) groups is 1. The molecule has 3 N–H and O–H groups in total. The topological polar surface area (TPSA) is 85.8 Å². The van der Waals surface area contributed by atoms with Crippen molar-refractivity contribution in [3.63, 3.8) is 0 Å². The van der Waals surface area contributed by atoms with Crippen LogP contribution in [0.5, 0.6) is 0 Å². The third-order valence-corrected chi connectivity index (χ3v) is 4.34. The SMILES string of the molecule is Cc1cccc(-c2nnc(SCC(=O)Nc3ccc(F)cc3)n2N)c1. The first kappa shape index (κ1) is 17.0. The fourth-order valence-corrected chi connectivity index (χ4v) is 2.87. The van der Waals surface area contributed by atoms with Crippen LogP contribution in [0.3, 0.4) is 0 Å². The number of halogens is 1. The summed E-state index contributed by atoms with van der Waals surface area (Å²) in [5, 5.41) is 11.2. The summed E-state index contributed by atoms with van der Waals surface area (Å²) >= 11 is 1.18. The summed E-state index contributed by atoms with van der Waals surface area (Å²) in [6.07, 6.45) is 0. The Labute approximate surface area is 148 Å². The van der Waals surface area contributed by atoms with Crippen molar-refractivity contribution in [2.45, 2.75) is 12.1 Å². The largest absolute Gasteiger partial charge is 0.335 e. The van der Waals surface area contributed by atoms with Gasteiger partial charge in [-0.15, -0.1) is 10.2 Å². The average Bonchev–Trinajstić information content (AvgIpc) is 2.96. The van der Waals surface area contributed by atoms with Crippen LogP contribution in [-0.2, 0) is 4.79 Å². The Kier molecular flexibility index (Phi) is 4.99. The molecular weight excluding hydrogens is 341 g/mol. The Morgan fingerprint density at radius 2 is 2.00 bits per heavy atom. The van der Waals surface area contributed by atoms with E-state index >= 15 is 0 Å². The van der Waals surface area contributed by atoms with Crippen LogP contribution in [0.1, 0.15) is 5.56 Å². The van der Waals surface area contributed by atoms with Crippen LogP contribution in [0.25, 0.3) is 11.4 Å². The minimum atomic E-state index is -0.354. The maximum atomic E-state index is 12.9. The Morgan fingerprint density at radius 3 is 2.72 bits per heavy atom. The van der Waals surface area contributed by atoms with E-state index in [0.717, 1.165) is 11.1 Å². The standard InChI is InChI=1S/C17H16FN5OS/c1-11-3-2-4-12(9-11)16-21-22-17(23(16)19)25-10-15(24)20-14-7-5-13(18)6-8-14/h2-9H,10,19H2,1H3,(H,20,24). The molecule has 0 bridgehead atoms. The number of aryl methyl sites for hydroxylation is 1. The number of carbonyl (C=O) groups excluding carboxylic acids is 1. The van der Waals surface area contributed by atoms with Crippen molar-refractivity contribution in [3.05, 3.63) is 59.9 Å². The van der Waals surface area contributed by atoms with E-state index in [2.05, 4.69) is 15.5 Å². The summed E-state index contributed by atoms with van der Waals surface area (Å²) in [6, 6.07) is 13.3. The van der Waals surface area contributed by atoms with Crippen LogP contribution < -0.4 is 11.2 Å². The van der Waals surface area contributed by atoms with Crippen LogP contribution in [0.4, 0.5) is 10.1 Å². The molecule has 6 nitrogen and oxygen atoms in total. The minimum Gasteiger partial charge on any atom is -0.335 e. The molecule has 3 aromatic rings. The summed E-state index contributed by atoms with van der Waals surface area (Å²) in [5.74, 6) is 6.09. The first-order valence-corrected chi connectivity index (χ1v) is 8.47. The van der Waals surface area contributed by atoms with Crippen molar-refractivity contribution >= 4 is 23.4 Å². The highest BCUT2D eigenvalue weighted by atomic mass is 32.2. The Morgan fingerprint density at radius 1 is 1.24 bits per heavy atom. The number of aromatic nitrogens is 3. The van der Waals surface area contributed by atoms with Crippen LogP contribution in [0.15, 0.2) is 53.7 Å². The summed E-state index contributed by atoms with van der Waals surface area (Å²) in [5.41, 5.74) is 2.48. The number of hydrogen-bond donors (Lipinski definition) is 2. The van der Waals surface area contributed by atoms with E-state index in [1.807, 2.05) is 31.2 Å². The number of nitrogen functional groups attached to an aromatic ring is 1. The molecule has 0 aliphatic carbocycles. The Bertz CT molecular complexity index is 894. The van der Waals surface area contributed by atoms with Gasteiger partial charge in [0.15, 0.2) is 5.82 Å². The molecule has 0 atom stereocenters. The molecular formula is C17H16FN5OS. The van der Waals surface area contributed by atoms with Crippen LogP contribution in [0, 0.1) is 12.7 Å². The normalized spacial score (nSPS) is 10.6. The molecule has 8 heteroatoms. The van der Waals surface area contributed by atoms with Gasteiger partial charge in [0, 0.05) is 11.3 Å². The van der Waals surface area contributed by atoms with Crippen molar-refractivity contribution in [1.29, 1.82) is 0 Å². The van der Waals surface area contributed by atoms with Gasteiger partial charge in [-0.1, -0.05) is 35.5 Å². The zero-order valence-electron chi connectivity index (χ0n) is 13.4. The highest BCUT2D eigenvalue weighted by molar-refractivity contribution is 7.99. The highest BCUT2D eigenvalue weighted by Crippen LogP contribution is 2.22. The molecule has 0 spiro atoms. The molecule has 1 heterocycles. The first-order valence-electron chi connectivity index (χ1n) is 7.48. The number of thioether (sulfide) groups is 1. The number of nitrogens with zero attached hydrogens (tertiary/aromatic N) is 3. The van der Waals surface area contributed by atoms with Crippen molar-refractivity contribution in [2.24, 2.45) is 0 Å². The molecule has 0 unspecified atom stereocenters. The van der Waals surface area contributed by atoms with Crippen LogP contribution in [-0.4, -0.2) is 26.5 Å². The number of benzene rings is 2. The maximum absolute atomic E-state index is 12.9. The average molecular weight is 357 g/mol. The highest BCUT2D eigenvalue weighted by Gasteiger charge is 2.14. The lowest BCUT2D eigenvalue weighted by Gasteiger charge is -2.06. The molecule has 3 rings (SSSR count). The van der Waals surface area contributed by atoms with E-state index in [1.54, 1.807) is 0 Å². The second-order valence-corrected chi connectivity index (χ2v) is 6.33. The third kappa shape index (κ3) is 4.16. The molecule has 0 aliphatic rings. The number of rotatable bonds is 5. The summed E-state index contributed by atoms with van der Waals surface area (Å²) < 4.78 is 14.2. The lowest BCUT2D eigenvalue weighted by molar-refractivity contribution is -0.113. The zero-order chi connectivity index (χ0) is 17.8. The smallest absolute Gasteiger partial charge is 0.234 e. The van der Waals surface area contributed by atoms with E-state index in [-0.39, 0.29) is 17.5 Å². The van der Waals surface area contributed by atoms with Gasteiger partial charge in [0.25, 0.3) is 0 Å². The molecule has 1 amide bonds. The van der Waals surface area contributed by atoms with Crippen LogP contribution >= 0.6 is 11.8 Å².